The molecule has 1 aliphatic rings. The quantitative estimate of drug-likeness (QED) is 0.263. The SMILES string of the molecule is [N-]=[N+]=NC(=O)C1CC1(Cl)Cl. The Hall–Kier alpha value is -0.440. The van der Waals surface area contributed by atoms with Crippen molar-refractivity contribution >= 4 is 29.1 Å². The second kappa shape index (κ2) is 2.31. The Labute approximate surface area is 66.7 Å². The van der Waals surface area contributed by atoms with Crippen LogP contribution in [0, 0.1) is 5.92 Å². The van der Waals surface area contributed by atoms with E-state index in [1.54, 1.807) is 0 Å². The number of carbonyl (C=O) groups is 1. The van der Waals surface area contributed by atoms with Gasteiger partial charge in [-0.15, -0.1) is 23.2 Å². The fraction of sp³-hybridized carbons (Fsp3) is 0.750. The first-order chi connectivity index (χ1) is 4.58. The highest BCUT2D eigenvalue weighted by Crippen LogP contribution is 2.53. The second-order valence-corrected chi connectivity index (χ2v) is 3.59. The Morgan fingerprint density at radius 2 is 2.30 bits per heavy atom. The van der Waals surface area contributed by atoms with Crippen molar-refractivity contribution in [3.8, 4) is 0 Å². The standard InChI is InChI=1S/C4H3Cl2N3O/c5-4(6)1-2(4)3(10)8-9-7/h2H,1H2. The van der Waals surface area contributed by atoms with Gasteiger partial charge in [0.1, 0.15) is 4.33 Å². The molecule has 6 heteroatoms. The minimum atomic E-state index is -0.981. The van der Waals surface area contributed by atoms with Gasteiger partial charge in [-0.1, -0.05) is 0 Å². The molecule has 10 heavy (non-hydrogen) atoms. The molecule has 0 bridgehead atoms. The van der Waals surface area contributed by atoms with Gasteiger partial charge < -0.3 is 0 Å². The summed E-state index contributed by atoms with van der Waals surface area (Å²) < 4.78 is -0.981. The third-order valence-electron chi connectivity index (χ3n) is 1.27. The van der Waals surface area contributed by atoms with Crippen molar-refractivity contribution < 1.29 is 4.79 Å². The van der Waals surface area contributed by atoms with E-state index in [1.165, 1.54) is 0 Å². The maximum absolute atomic E-state index is 10.6. The molecule has 1 fully saturated rings. The summed E-state index contributed by atoms with van der Waals surface area (Å²) in [6.07, 6.45) is 0.383. The van der Waals surface area contributed by atoms with Gasteiger partial charge in [-0.25, -0.2) is 0 Å². The van der Waals surface area contributed by atoms with E-state index in [4.69, 9.17) is 28.7 Å². The van der Waals surface area contributed by atoms with E-state index in [1.807, 2.05) is 0 Å². The molecule has 1 rings (SSSR count). The first-order valence-corrected chi connectivity index (χ1v) is 3.30. The van der Waals surface area contributed by atoms with E-state index in [2.05, 4.69) is 10.0 Å². The van der Waals surface area contributed by atoms with Gasteiger partial charge in [0.2, 0.25) is 5.91 Å². The topological polar surface area (TPSA) is 65.8 Å². The highest BCUT2D eigenvalue weighted by atomic mass is 35.5. The highest BCUT2D eigenvalue weighted by molar-refractivity contribution is 6.52. The number of hydrogen-bond donors (Lipinski definition) is 0. The van der Waals surface area contributed by atoms with Crippen molar-refractivity contribution in [3.63, 3.8) is 0 Å². The van der Waals surface area contributed by atoms with E-state index in [0.29, 0.717) is 6.42 Å². The largest absolute Gasteiger partial charge is 0.292 e. The summed E-state index contributed by atoms with van der Waals surface area (Å²) in [4.78, 5) is 13.0. The molecular weight excluding hydrogens is 177 g/mol. The molecule has 0 radical (unpaired) electrons. The first kappa shape index (κ1) is 7.66. The van der Waals surface area contributed by atoms with Crippen LogP contribution in [0.2, 0.25) is 0 Å². The van der Waals surface area contributed by atoms with Crippen LogP contribution in [-0.4, -0.2) is 10.2 Å². The van der Waals surface area contributed by atoms with Gasteiger partial charge in [-0.2, -0.15) is 0 Å². The van der Waals surface area contributed by atoms with Crippen molar-refractivity contribution in [3.05, 3.63) is 10.4 Å². The predicted octanol–water partition coefficient (Wildman–Crippen LogP) is 2.02. The lowest BCUT2D eigenvalue weighted by Crippen LogP contribution is -2.00. The molecule has 0 spiro atoms. The van der Waals surface area contributed by atoms with E-state index >= 15 is 0 Å². The number of halogens is 2. The van der Waals surface area contributed by atoms with Gasteiger partial charge in [0.25, 0.3) is 0 Å². The molecule has 0 N–H and O–H groups in total. The lowest BCUT2D eigenvalue weighted by molar-refractivity contribution is -0.119. The molecule has 0 aromatic heterocycles. The molecule has 54 valence electrons. The normalized spacial score (nSPS) is 26.8. The number of amides is 1. The van der Waals surface area contributed by atoms with E-state index in [-0.39, 0.29) is 0 Å². The lowest BCUT2D eigenvalue weighted by atomic mass is 10.4. The molecule has 1 amide bonds. The van der Waals surface area contributed by atoms with Crippen molar-refractivity contribution in [1.29, 1.82) is 0 Å². The number of nitrogens with zero attached hydrogens (tertiary/aromatic N) is 3. The Morgan fingerprint density at radius 3 is 2.60 bits per heavy atom. The van der Waals surface area contributed by atoms with Gasteiger partial charge in [0.15, 0.2) is 0 Å². The predicted molar refractivity (Wildman–Crippen MR) is 36.7 cm³/mol. The van der Waals surface area contributed by atoms with Crippen LogP contribution in [0.4, 0.5) is 0 Å². The van der Waals surface area contributed by atoms with Crippen molar-refractivity contribution in [2.45, 2.75) is 10.8 Å². The summed E-state index contributed by atoms with van der Waals surface area (Å²) in [5.41, 5.74) is 7.83. The van der Waals surface area contributed by atoms with E-state index < -0.39 is 16.2 Å². The van der Waals surface area contributed by atoms with Crippen LogP contribution in [0.1, 0.15) is 6.42 Å². The third-order valence-corrected chi connectivity index (χ3v) is 2.10. The van der Waals surface area contributed by atoms with Crippen LogP contribution in [0.3, 0.4) is 0 Å². The maximum atomic E-state index is 10.6. The van der Waals surface area contributed by atoms with Crippen LogP contribution in [-0.2, 0) is 4.79 Å². The first-order valence-electron chi connectivity index (χ1n) is 2.54. The smallest absolute Gasteiger partial charge is 0.225 e. The summed E-state index contributed by atoms with van der Waals surface area (Å²) in [6.45, 7) is 0. The van der Waals surface area contributed by atoms with Crippen molar-refractivity contribution in [2.75, 3.05) is 0 Å². The fourth-order valence-electron chi connectivity index (χ4n) is 0.595. The van der Waals surface area contributed by atoms with Crippen LogP contribution in [0.15, 0.2) is 5.11 Å². The van der Waals surface area contributed by atoms with E-state index in [0.717, 1.165) is 0 Å². The third kappa shape index (κ3) is 1.34. The van der Waals surface area contributed by atoms with Crippen LogP contribution in [0.5, 0.6) is 0 Å². The molecule has 0 aromatic carbocycles. The molecular formula is C4H3Cl2N3O. The summed E-state index contributed by atoms with van der Waals surface area (Å²) in [6, 6.07) is 0. The van der Waals surface area contributed by atoms with Gasteiger partial charge in [-0.05, 0) is 17.1 Å². The van der Waals surface area contributed by atoms with E-state index in [9.17, 15) is 4.79 Å². The number of azide groups is 1. The number of rotatable bonds is 1. The number of alkyl halides is 2. The minimum Gasteiger partial charge on any atom is -0.292 e. The zero-order chi connectivity index (χ0) is 7.78. The average Bonchev–Trinajstić information content (AvgIpc) is 2.41. The molecule has 0 aliphatic heterocycles. The Bertz CT molecular complexity index is 221. The molecule has 1 saturated carbocycles. The zero-order valence-electron chi connectivity index (χ0n) is 4.79. The van der Waals surface area contributed by atoms with Crippen molar-refractivity contribution in [2.24, 2.45) is 11.0 Å². The Balaban J connectivity index is 2.56. The monoisotopic (exact) mass is 179 g/mol. The van der Waals surface area contributed by atoms with Crippen LogP contribution in [0.25, 0.3) is 10.4 Å². The lowest BCUT2D eigenvalue weighted by Gasteiger charge is -1.90. The van der Waals surface area contributed by atoms with Crippen LogP contribution >= 0.6 is 23.2 Å². The highest BCUT2D eigenvalue weighted by Gasteiger charge is 2.55. The molecule has 0 heterocycles. The summed E-state index contributed by atoms with van der Waals surface area (Å²) in [5.74, 6) is -1.07. The Morgan fingerprint density at radius 1 is 1.80 bits per heavy atom. The number of carbonyl (C=O) groups excluding carboxylic acids is 1. The molecule has 0 saturated heterocycles. The maximum Gasteiger partial charge on any atom is 0.225 e. The summed E-state index contributed by atoms with van der Waals surface area (Å²) in [5, 5.41) is 2.85. The molecule has 1 atom stereocenters. The summed E-state index contributed by atoms with van der Waals surface area (Å²) in [7, 11) is 0. The van der Waals surface area contributed by atoms with Crippen molar-refractivity contribution in [1.82, 2.24) is 0 Å². The van der Waals surface area contributed by atoms with Gasteiger partial charge in [0, 0.05) is 4.91 Å². The molecule has 4 nitrogen and oxygen atoms in total. The number of hydrogen-bond acceptors (Lipinski definition) is 1. The zero-order valence-corrected chi connectivity index (χ0v) is 6.30. The molecule has 0 aromatic rings. The van der Waals surface area contributed by atoms with Crippen LogP contribution < -0.4 is 0 Å². The fourth-order valence-corrected chi connectivity index (χ4v) is 1.09. The van der Waals surface area contributed by atoms with Gasteiger partial charge in [-0.3, -0.25) is 4.79 Å². The van der Waals surface area contributed by atoms with Gasteiger partial charge in [0.05, 0.1) is 5.92 Å². The summed E-state index contributed by atoms with van der Waals surface area (Å²) >= 11 is 11.0. The molecule has 1 aliphatic carbocycles. The minimum absolute atomic E-state index is 0.383. The van der Waals surface area contributed by atoms with Gasteiger partial charge >= 0.3 is 0 Å². The average molecular weight is 180 g/mol. The Kier molecular flexibility index (Phi) is 1.77. The molecule has 1 unspecified atom stereocenters. The second-order valence-electron chi connectivity index (χ2n) is 2.05.